The molecule has 2 aromatic carbocycles. The molecule has 0 saturated carbocycles. The highest BCUT2D eigenvalue weighted by atomic mass is 19.1. The number of unbranched alkanes of at least 4 members (excludes halogenated alkanes) is 2. The third-order valence-electron chi connectivity index (χ3n) is 5.01. The molecule has 4 heteroatoms. The molecule has 0 aliphatic rings. The quantitative estimate of drug-likeness (QED) is 0.250. The van der Waals surface area contributed by atoms with Gasteiger partial charge in [0.25, 0.3) is 0 Å². The molecule has 0 aliphatic carbocycles. The molecule has 0 radical (unpaired) electrons. The maximum Gasteiger partial charge on any atom is 0.334 e. The van der Waals surface area contributed by atoms with Gasteiger partial charge < -0.3 is 9.64 Å². The zero-order valence-electron chi connectivity index (χ0n) is 18.5. The van der Waals surface area contributed by atoms with Gasteiger partial charge in [0.2, 0.25) is 0 Å². The molecule has 0 atom stereocenters. The highest BCUT2D eigenvalue weighted by Gasteiger charge is 2.10. The predicted octanol–water partition coefficient (Wildman–Crippen LogP) is 5.82. The Kier molecular flexibility index (Phi) is 9.75. The van der Waals surface area contributed by atoms with Gasteiger partial charge in [0.05, 0.1) is 6.61 Å². The second kappa shape index (κ2) is 12.3. The first-order valence-corrected chi connectivity index (χ1v) is 10.8. The van der Waals surface area contributed by atoms with Gasteiger partial charge in [0.15, 0.2) is 0 Å². The van der Waals surface area contributed by atoms with E-state index >= 15 is 0 Å². The molecular formula is C26H34FNO2. The fraction of sp³-hybridized carbons (Fsp3) is 0.423. The lowest BCUT2D eigenvalue weighted by Gasteiger charge is -2.11. The lowest BCUT2D eigenvalue weighted by Crippen LogP contribution is -2.21. The molecule has 0 aromatic heterocycles. The van der Waals surface area contributed by atoms with Crippen LogP contribution in [0.25, 0.3) is 11.1 Å². The van der Waals surface area contributed by atoms with Gasteiger partial charge in [0.1, 0.15) is 5.82 Å². The van der Waals surface area contributed by atoms with Crippen molar-refractivity contribution >= 4 is 5.97 Å². The van der Waals surface area contributed by atoms with Gasteiger partial charge in [-0.15, -0.1) is 0 Å². The number of likely N-dealkylation sites (N-methyl/N-ethyl adjacent to an activating group) is 1. The van der Waals surface area contributed by atoms with Crippen LogP contribution in [0.3, 0.4) is 0 Å². The van der Waals surface area contributed by atoms with Crippen molar-refractivity contribution in [3.05, 3.63) is 71.6 Å². The Morgan fingerprint density at radius 2 is 1.67 bits per heavy atom. The molecule has 0 unspecified atom stereocenters. The van der Waals surface area contributed by atoms with Crippen molar-refractivity contribution in [3.8, 4) is 11.1 Å². The van der Waals surface area contributed by atoms with Crippen LogP contribution in [0, 0.1) is 5.82 Å². The van der Waals surface area contributed by atoms with E-state index < -0.39 is 0 Å². The number of halogens is 1. The van der Waals surface area contributed by atoms with Crippen LogP contribution in [-0.2, 0) is 22.4 Å². The molecule has 2 rings (SSSR count). The molecule has 0 N–H and O–H groups in total. The van der Waals surface area contributed by atoms with Crippen LogP contribution in [-0.4, -0.2) is 38.1 Å². The van der Waals surface area contributed by atoms with Gasteiger partial charge >= 0.3 is 5.97 Å². The molecule has 30 heavy (non-hydrogen) atoms. The number of carbonyl (C=O) groups is 1. The Balaban J connectivity index is 1.83. The fourth-order valence-electron chi connectivity index (χ4n) is 3.37. The second-order valence-electron chi connectivity index (χ2n) is 8.05. The second-order valence-corrected chi connectivity index (χ2v) is 8.05. The molecule has 2 aromatic rings. The Bertz CT molecular complexity index is 827. The van der Waals surface area contributed by atoms with Gasteiger partial charge in [0, 0.05) is 17.7 Å². The lowest BCUT2D eigenvalue weighted by molar-refractivity contribution is -0.139. The summed E-state index contributed by atoms with van der Waals surface area (Å²) < 4.78 is 19.8. The van der Waals surface area contributed by atoms with Crippen LogP contribution >= 0.6 is 0 Å². The van der Waals surface area contributed by atoms with Crippen molar-refractivity contribution in [1.82, 2.24) is 4.90 Å². The summed E-state index contributed by atoms with van der Waals surface area (Å²) >= 11 is 0. The zero-order valence-corrected chi connectivity index (χ0v) is 18.5. The smallest absolute Gasteiger partial charge is 0.334 e. The molecular weight excluding hydrogens is 377 g/mol. The Morgan fingerprint density at radius 1 is 1.00 bits per heavy atom. The molecule has 0 heterocycles. The maximum absolute atomic E-state index is 14.6. The van der Waals surface area contributed by atoms with Gasteiger partial charge in [-0.05, 0) is 62.5 Å². The molecule has 0 fully saturated rings. The van der Waals surface area contributed by atoms with E-state index in [0.717, 1.165) is 42.4 Å². The van der Waals surface area contributed by atoms with E-state index in [2.05, 4.69) is 13.5 Å². The molecule has 0 bridgehead atoms. The summed E-state index contributed by atoms with van der Waals surface area (Å²) in [5.74, 6) is -0.505. The third-order valence-corrected chi connectivity index (χ3v) is 5.01. The first kappa shape index (κ1) is 23.8. The zero-order chi connectivity index (χ0) is 21.9. The van der Waals surface area contributed by atoms with E-state index in [9.17, 15) is 9.18 Å². The summed E-state index contributed by atoms with van der Waals surface area (Å²) in [7, 11) is 3.77. The topological polar surface area (TPSA) is 29.5 Å². The first-order valence-electron chi connectivity index (χ1n) is 10.8. The number of benzene rings is 2. The highest BCUT2D eigenvalue weighted by molar-refractivity contribution is 5.88. The minimum absolute atomic E-state index is 0.165. The van der Waals surface area contributed by atoms with E-state index in [0.29, 0.717) is 24.3 Å². The van der Waals surface area contributed by atoms with Crippen LogP contribution in [0.15, 0.2) is 54.6 Å². The molecule has 0 saturated heterocycles. The molecule has 0 spiro atoms. The number of ether oxygens (including phenoxy) is 1. The van der Waals surface area contributed by atoms with Gasteiger partial charge in [-0.3, -0.25) is 0 Å². The van der Waals surface area contributed by atoms with Crippen molar-refractivity contribution in [3.63, 3.8) is 0 Å². The van der Waals surface area contributed by atoms with Gasteiger partial charge in [-0.2, -0.15) is 0 Å². The van der Waals surface area contributed by atoms with Crippen LogP contribution < -0.4 is 0 Å². The molecule has 162 valence electrons. The van der Waals surface area contributed by atoms with Crippen LogP contribution in [0.4, 0.5) is 4.39 Å². The number of carbonyl (C=O) groups excluding carboxylic acids is 1. The average molecular weight is 412 g/mol. The Hall–Kier alpha value is -2.46. The standard InChI is InChI=1S/C26H34FNO2/c1-5-6-7-9-22-13-16-24(25(27)18-22)23-14-11-21(12-15-23)10-8-17-30-26(29)20(2)19-28(3)4/h11-16,18H,2,5-10,17,19H2,1,3-4H3. The number of esters is 1. The largest absolute Gasteiger partial charge is 0.462 e. The van der Waals surface area contributed by atoms with E-state index in [1.807, 2.05) is 55.4 Å². The summed E-state index contributed by atoms with van der Waals surface area (Å²) in [6, 6.07) is 13.5. The number of hydrogen-bond donors (Lipinski definition) is 0. The summed E-state index contributed by atoms with van der Waals surface area (Å²) in [5.41, 5.74) is 4.17. The minimum atomic E-state index is -0.340. The van der Waals surface area contributed by atoms with Crippen LogP contribution in [0.2, 0.25) is 0 Å². The van der Waals surface area contributed by atoms with Crippen molar-refractivity contribution in [2.45, 2.75) is 45.4 Å². The maximum atomic E-state index is 14.6. The van der Waals surface area contributed by atoms with E-state index in [-0.39, 0.29) is 11.8 Å². The average Bonchev–Trinajstić information content (AvgIpc) is 2.71. The summed E-state index contributed by atoms with van der Waals surface area (Å²) in [4.78, 5) is 13.7. The Labute approximate surface area is 180 Å². The molecule has 0 aliphatic heterocycles. The number of nitrogens with zero attached hydrogens (tertiary/aromatic N) is 1. The van der Waals surface area contributed by atoms with Crippen molar-refractivity contribution in [2.75, 3.05) is 27.2 Å². The minimum Gasteiger partial charge on any atom is -0.462 e. The SMILES string of the molecule is C=C(CN(C)C)C(=O)OCCCc1ccc(-c2ccc(CCCCC)cc2F)cc1. The van der Waals surface area contributed by atoms with E-state index in [4.69, 9.17) is 4.74 Å². The third kappa shape index (κ3) is 7.75. The van der Waals surface area contributed by atoms with Crippen LogP contribution in [0.1, 0.15) is 43.7 Å². The molecule has 3 nitrogen and oxygen atoms in total. The lowest BCUT2D eigenvalue weighted by atomic mass is 9.99. The highest BCUT2D eigenvalue weighted by Crippen LogP contribution is 2.25. The number of hydrogen-bond acceptors (Lipinski definition) is 3. The van der Waals surface area contributed by atoms with Crippen molar-refractivity contribution in [2.24, 2.45) is 0 Å². The first-order chi connectivity index (χ1) is 14.4. The van der Waals surface area contributed by atoms with Gasteiger partial charge in [-0.1, -0.05) is 62.7 Å². The summed E-state index contributed by atoms with van der Waals surface area (Å²) in [5, 5.41) is 0. The molecule has 0 amide bonds. The van der Waals surface area contributed by atoms with E-state index in [1.165, 1.54) is 12.8 Å². The fourth-order valence-corrected chi connectivity index (χ4v) is 3.37. The van der Waals surface area contributed by atoms with Gasteiger partial charge in [-0.25, -0.2) is 9.18 Å². The van der Waals surface area contributed by atoms with Crippen molar-refractivity contribution in [1.29, 1.82) is 0 Å². The van der Waals surface area contributed by atoms with Crippen molar-refractivity contribution < 1.29 is 13.9 Å². The monoisotopic (exact) mass is 411 g/mol. The normalized spacial score (nSPS) is 11.0. The summed E-state index contributed by atoms with van der Waals surface area (Å²) in [6.45, 7) is 6.78. The predicted molar refractivity (Wildman–Crippen MR) is 122 cm³/mol. The summed E-state index contributed by atoms with van der Waals surface area (Å²) in [6.07, 6.45) is 5.91. The Morgan fingerprint density at radius 3 is 2.30 bits per heavy atom. The number of rotatable bonds is 12. The van der Waals surface area contributed by atoms with E-state index in [1.54, 1.807) is 6.07 Å². The number of aryl methyl sites for hydroxylation is 2. The van der Waals surface area contributed by atoms with Crippen LogP contribution in [0.5, 0.6) is 0 Å².